The van der Waals surface area contributed by atoms with Crippen molar-refractivity contribution in [1.82, 2.24) is 20.9 Å². The van der Waals surface area contributed by atoms with Crippen LogP contribution in [0.5, 0.6) is 0 Å². The molecule has 0 bridgehead atoms. The Bertz CT molecular complexity index is 367. The van der Waals surface area contributed by atoms with E-state index in [0.29, 0.717) is 19.5 Å². The zero-order chi connectivity index (χ0) is 15.7. The molecule has 4 amide bonds. The number of nitrogens with zero attached hydrogens (tertiary/aromatic N) is 1. The number of nitrogens with one attached hydrogen (secondary N) is 3. The normalized spacial score (nSPS) is 16.2. The summed E-state index contributed by atoms with van der Waals surface area (Å²) in [6.45, 7) is 6.01. The molecule has 7 nitrogen and oxygen atoms in total. The molecule has 1 saturated heterocycles. The van der Waals surface area contributed by atoms with Crippen LogP contribution in [-0.4, -0.2) is 55.0 Å². The molecule has 0 spiro atoms. The third kappa shape index (κ3) is 6.57. The van der Waals surface area contributed by atoms with E-state index in [9.17, 15) is 14.4 Å². The lowest BCUT2D eigenvalue weighted by Gasteiger charge is -2.27. The molecule has 1 unspecified atom stereocenters. The number of piperidine rings is 1. The van der Waals surface area contributed by atoms with Crippen LogP contribution in [0.15, 0.2) is 0 Å². The van der Waals surface area contributed by atoms with Crippen molar-refractivity contribution >= 4 is 17.8 Å². The summed E-state index contributed by atoms with van der Waals surface area (Å²) in [6, 6.07) is -1.01. The highest BCUT2D eigenvalue weighted by Gasteiger charge is 2.18. The van der Waals surface area contributed by atoms with E-state index in [0.717, 1.165) is 25.9 Å². The van der Waals surface area contributed by atoms with Gasteiger partial charge in [-0.15, -0.1) is 0 Å². The molecule has 0 aromatic rings. The molecular weight excluding hydrogens is 272 g/mol. The second-order valence-electron chi connectivity index (χ2n) is 5.22. The molecule has 0 aromatic carbocycles. The Labute approximate surface area is 125 Å². The van der Waals surface area contributed by atoms with Crippen molar-refractivity contribution in [2.24, 2.45) is 0 Å². The van der Waals surface area contributed by atoms with Gasteiger partial charge >= 0.3 is 6.03 Å². The zero-order valence-corrected chi connectivity index (χ0v) is 12.9. The highest BCUT2D eigenvalue weighted by atomic mass is 16.2. The van der Waals surface area contributed by atoms with Gasteiger partial charge in [-0.25, -0.2) is 4.79 Å². The highest BCUT2D eigenvalue weighted by Crippen LogP contribution is 2.09. The van der Waals surface area contributed by atoms with Crippen LogP contribution in [-0.2, 0) is 9.59 Å². The molecule has 7 heteroatoms. The fraction of sp³-hybridized carbons (Fsp3) is 0.786. The molecule has 1 aliphatic heterocycles. The Kier molecular flexibility index (Phi) is 7.74. The lowest BCUT2D eigenvalue weighted by molar-refractivity contribution is -0.132. The molecule has 1 aliphatic rings. The molecule has 1 fully saturated rings. The second kappa shape index (κ2) is 9.33. The summed E-state index contributed by atoms with van der Waals surface area (Å²) < 4.78 is 0. The number of carbonyl (C=O) groups is 3. The Hall–Kier alpha value is -1.63. The first-order valence-corrected chi connectivity index (χ1v) is 7.64. The Balaban J connectivity index is 2.19. The average molecular weight is 298 g/mol. The van der Waals surface area contributed by atoms with Gasteiger partial charge in [-0.2, -0.15) is 0 Å². The third-order valence-electron chi connectivity index (χ3n) is 3.47. The van der Waals surface area contributed by atoms with Gasteiger partial charge in [0.2, 0.25) is 11.8 Å². The minimum atomic E-state index is -0.512. The van der Waals surface area contributed by atoms with E-state index in [4.69, 9.17) is 0 Å². The Morgan fingerprint density at radius 2 is 1.81 bits per heavy atom. The fourth-order valence-electron chi connectivity index (χ4n) is 2.21. The van der Waals surface area contributed by atoms with Crippen LogP contribution in [0.1, 0.15) is 39.5 Å². The number of rotatable bonds is 6. The van der Waals surface area contributed by atoms with Crippen molar-refractivity contribution in [3.63, 3.8) is 0 Å². The molecule has 120 valence electrons. The molecule has 0 aromatic heterocycles. The lowest BCUT2D eigenvalue weighted by Crippen LogP contribution is -2.48. The van der Waals surface area contributed by atoms with E-state index in [1.165, 1.54) is 6.42 Å². The summed E-state index contributed by atoms with van der Waals surface area (Å²) in [5, 5.41) is 7.68. The zero-order valence-electron chi connectivity index (χ0n) is 12.9. The summed E-state index contributed by atoms with van der Waals surface area (Å²) in [6.07, 6.45) is 3.72. The minimum Gasteiger partial charge on any atom is -0.343 e. The maximum atomic E-state index is 11.9. The molecule has 0 aliphatic carbocycles. The quantitative estimate of drug-likeness (QED) is 0.654. The first-order valence-electron chi connectivity index (χ1n) is 7.64. The van der Waals surface area contributed by atoms with Gasteiger partial charge in [-0.05, 0) is 33.1 Å². The van der Waals surface area contributed by atoms with E-state index < -0.39 is 18.0 Å². The summed E-state index contributed by atoms with van der Waals surface area (Å²) in [7, 11) is 0. The van der Waals surface area contributed by atoms with Crippen LogP contribution in [0.25, 0.3) is 0 Å². The van der Waals surface area contributed by atoms with Crippen molar-refractivity contribution in [3.05, 3.63) is 0 Å². The molecule has 3 N–H and O–H groups in total. The van der Waals surface area contributed by atoms with Gasteiger partial charge in [0, 0.05) is 32.6 Å². The van der Waals surface area contributed by atoms with Crippen molar-refractivity contribution in [2.45, 2.75) is 45.6 Å². The SMILES string of the molecule is CCNC(=O)NC(=O)C(C)NCCC(=O)N1CCCCC1. The molecule has 21 heavy (non-hydrogen) atoms. The lowest BCUT2D eigenvalue weighted by atomic mass is 10.1. The van der Waals surface area contributed by atoms with Crippen molar-refractivity contribution in [2.75, 3.05) is 26.2 Å². The van der Waals surface area contributed by atoms with E-state index in [1.54, 1.807) is 13.8 Å². The summed E-state index contributed by atoms with van der Waals surface area (Å²) in [5.41, 5.74) is 0. The van der Waals surface area contributed by atoms with E-state index in [1.807, 2.05) is 4.90 Å². The molecule has 1 heterocycles. The smallest absolute Gasteiger partial charge is 0.321 e. The van der Waals surface area contributed by atoms with Gasteiger partial charge in [0.1, 0.15) is 0 Å². The van der Waals surface area contributed by atoms with Gasteiger partial charge in [-0.3, -0.25) is 14.9 Å². The number of hydrogen-bond donors (Lipinski definition) is 3. The van der Waals surface area contributed by atoms with Crippen LogP contribution in [0.3, 0.4) is 0 Å². The highest BCUT2D eigenvalue weighted by molar-refractivity contribution is 5.96. The number of hydrogen-bond acceptors (Lipinski definition) is 4. The van der Waals surface area contributed by atoms with Crippen LogP contribution in [0.2, 0.25) is 0 Å². The molecule has 0 saturated carbocycles. The maximum Gasteiger partial charge on any atom is 0.321 e. The predicted molar refractivity (Wildman–Crippen MR) is 79.7 cm³/mol. The van der Waals surface area contributed by atoms with Gasteiger partial charge in [-0.1, -0.05) is 0 Å². The first-order chi connectivity index (χ1) is 10.0. The second-order valence-corrected chi connectivity index (χ2v) is 5.22. The van der Waals surface area contributed by atoms with E-state index in [-0.39, 0.29) is 5.91 Å². The fourth-order valence-corrected chi connectivity index (χ4v) is 2.21. The average Bonchev–Trinajstić information content (AvgIpc) is 2.48. The van der Waals surface area contributed by atoms with Gasteiger partial charge in [0.05, 0.1) is 6.04 Å². The largest absolute Gasteiger partial charge is 0.343 e. The first kappa shape index (κ1) is 17.4. The van der Waals surface area contributed by atoms with Crippen LogP contribution in [0, 0.1) is 0 Å². The topological polar surface area (TPSA) is 90.5 Å². The molecule has 0 radical (unpaired) electrons. The monoisotopic (exact) mass is 298 g/mol. The summed E-state index contributed by atoms with van der Waals surface area (Å²) in [5.74, 6) is -0.273. The van der Waals surface area contributed by atoms with Crippen LogP contribution in [0.4, 0.5) is 4.79 Å². The van der Waals surface area contributed by atoms with Gasteiger partial charge in [0.25, 0.3) is 0 Å². The molecular formula is C14H26N4O3. The molecule has 1 rings (SSSR count). The van der Waals surface area contributed by atoms with Crippen molar-refractivity contribution in [1.29, 1.82) is 0 Å². The third-order valence-corrected chi connectivity index (χ3v) is 3.47. The predicted octanol–water partition coefficient (Wildman–Crippen LogP) is 0.213. The van der Waals surface area contributed by atoms with E-state index >= 15 is 0 Å². The number of likely N-dealkylation sites (tertiary alicyclic amines) is 1. The Morgan fingerprint density at radius 1 is 1.14 bits per heavy atom. The van der Waals surface area contributed by atoms with Gasteiger partial charge < -0.3 is 15.5 Å². The number of urea groups is 1. The van der Waals surface area contributed by atoms with Crippen molar-refractivity contribution in [3.8, 4) is 0 Å². The van der Waals surface area contributed by atoms with Crippen LogP contribution < -0.4 is 16.0 Å². The number of amides is 4. The van der Waals surface area contributed by atoms with E-state index in [2.05, 4.69) is 16.0 Å². The van der Waals surface area contributed by atoms with Gasteiger partial charge in [0.15, 0.2) is 0 Å². The summed E-state index contributed by atoms with van der Waals surface area (Å²) >= 11 is 0. The standard InChI is InChI=1S/C14H26N4O3/c1-3-15-14(21)17-13(20)11(2)16-8-7-12(19)18-9-5-4-6-10-18/h11,16H,3-10H2,1-2H3,(H2,15,17,20,21). The minimum absolute atomic E-state index is 0.124. The number of imide groups is 1. The molecule has 1 atom stereocenters. The maximum absolute atomic E-state index is 11.9. The summed E-state index contributed by atoms with van der Waals surface area (Å²) in [4.78, 5) is 36.7. The number of carbonyl (C=O) groups excluding carboxylic acids is 3. The Morgan fingerprint density at radius 3 is 2.43 bits per heavy atom. The van der Waals surface area contributed by atoms with Crippen LogP contribution >= 0.6 is 0 Å². The van der Waals surface area contributed by atoms with Crippen molar-refractivity contribution < 1.29 is 14.4 Å².